The Morgan fingerprint density at radius 3 is 2.16 bits per heavy atom. The van der Waals surface area contributed by atoms with Crippen LogP contribution in [0.15, 0.2) is 170 Å². The van der Waals surface area contributed by atoms with Crippen molar-refractivity contribution in [2.75, 3.05) is 0 Å². The van der Waals surface area contributed by atoms with E-state index in [1.165, 1.54) is 47.3 Å². The number of hydrogen-bond donors (Lipinski definition) is 0. The molecule has 0 aliphatic carbocycles. The predicted octanol–water partition coefficient (Wildman–Crippen LogP) is 14.7. The van der Waals surface area contributed by atoms with Crippen molar-refractivity contribution in [1.29, 1.82) is 0 Å². The van der Waals surface area contributed by atoms with E-state index in [9.17, 15) is 0 Å². The molecule has 0 N–H and O–H groups in total. The number of para-hydroxylation sites is 2. The van der Waals surface area contributed by atoms with Crippen LogP contribution < -0.4 is 4.40 Å². The van der Waals surface area contributed by atoms with Gasteiger partial charge in [-0.25, -0.2) is 0 Å². The van der Waals surface area contributed by atoms with Crippen LogP contribution in [-0.4, -0.2) is 27.8 Å². The third-order valence-corrected chi connectivity index (χ3v) is 16.3. The first-order chi connectivity index (χ1) is 30.6. The number of fused-ring (bicyclic) bond motifs is 4. The summed E-state index contributed by atoms with van der Waals surface area (Å²) in [7, 11) is 0. The van der Waals surface area contributed by atoms with E-state index in [1.54, 1.807) is 12.1 Å². The Kier molecular flexibility index (Phi) is 11.0. The molecule has 3 aromatic heterocycles. The van der Waals surface area contributed by atoms with Crippen molar-refractivity contribution in [2.45, 2.75) is 43.9 Å². The Morgan fingerprint density at radius 1 is 0.721 bits per heavy atom. The Morgan fingerprint density at radius 2 is 1.44 bits per heavy atom. The Hall–Kier alpha value is -5.43. The van der Waals surface area contributed by atoms with Crippen molar-refractivity contribution in [3.63, 3.8) is 0 Å². The van der Waals surface area contributed by atoms with Gasteiger partial charge in [-0.15, -0.1) is 18.2 Å². The van der Waals surface area contributed by atoms with Crippen LogP contribution in [-0.2, 0) is 20.1 Å². The minimum Gasteiger partial charge on any atom is -0.333 e. The van der Waals surface area contributed by atoms with E-state index in [4.69, 9.17) is 10.5 Å². The molecule has 0 aliphatic heterocycles. The van der Waals surface area contributed by atoms with Gasteiger partial charge in [0.15, 0.2) is 0 Å². The smallest absolute Gasteiger partial charge is 0.0774 e. The number of hydrogen-bond acceptors (Lipinski definition) is 3. The van der Waals surface area contributed by atoms with Gasteiger partial charge in [-0.05, 0) is 51.0 Å². The summed E-state index contributed by atoms with van der Waals surface area (Å²) < 4.78 is 36.9. The molecule has 10 aromatic rings. The third-order valence-electron chi connectivity index (χ3n) is 10.9. The van der Waals surface area contributed by atoms with Gasteiger partial charge < -0.3 is 4.57 Å². The van der Waals surface area contributed by atoms with Crippen LogP contribution in [0.5, 0.6) is 0 Å². The molecule has 61 heavy (non-hydrogen) atoms. The zero-order valence-corrected chi connectivity index (χ0v) is 40.1. The number of rotatable bonds is 7. The SMILES string of the molecule is [2H]C([2H])([2H])c1c[c-]c(-c2cc(C([2H])(C)C)[c]([Ge]([CH3])([CH3])[CH3])cn2)cc1.[Ir].[c-]1ccc2c(sc3ccccc32)c1-c1nc2ccccc2n1-c1cc(-c2ccccc2)ccc1-c1ccccc1. The van der Waals surface area contributed by atoms with Crippen LogP contribution in [0.2, 0.25) is 17.3 Å². The maximum atomic E-state index is 8.49. The van der Waals surface area contributed by atoms with Gasteiger partial charge in [-0.1, -0.05) is 114 Å². The van der Waals surface area contributed by atoms with E-state index >= 15 is 0 Å². The van der Waals surface area contributed by atoms with Crippen molar-refractivity contribution < 1.29 is 25.6 Å². The monoisotopic (exact) mass is 1050 g/mol. The van der Waals surface area contributed by atoms with Crippen LogP contribution in [0.1, 0.15) is 36.4 Å². The number of thiophene rings is 1. The van der Waals surface area contributed by atoms with Gasteiger partial charge in [-0.2, -0.15) is 11.3 Å². The minimum atomic E-state index is -2.14. The van der Waals surface area contributed by atoms with Crippen LogP contribution in [0.4, 0.5) is 0 Å². The van der Waals surface area contributed by atoms with E-state index in [2.05, 4.69) is 172 Å². The van der Waals surface area contributed by atoms with E-state index in [-0.39, 0.29) is 25.7 Å². The van der Waals surface area contributed by atoms with Gasteiger partial charge in [-0.3, -0.25) is 4.98 Å². The molecule has 0 bridgehead atoms. The average Bonchev–Trinajstić information content (AvgIpc) is 3.88. The summed E-state index contributed by atoms with van der Waals surface area (Å²) >= 11 is -0.328. The summed E-state index contributed by atoms with van der Waals surface area (Å²) in [6, 6.07) is 62.7. The van der Waals surface area contributed by atoms with Gasteiger partial charge in [0.1, 0.15) is 0 Å². The molecule has 0 aliphatic rings. The molecular weight excluding hydrogens is 1000 g/mol. The van der Waals surface area contributed by atoms with Crippen LogP contribution in [0.3, 0.4) is 0 Å². The fourth-order valence-electron chi connectivity index (χ4n) is 7.88. The standard InChI is InChI=1S/C37H23N2S.C18H24GeN.Ir/c1-3-12-25(13-4-1)27-22-23-28(26-14-5-2-6-15-26)34(24-27)39-33-20-9-8-19-32(33)38-37(39)31-18-11-17-30-29-16-7-10-21-35(29)40-36(30)31;1-13(2)16-11-18(15-9-7-14(3)8-10-15)20-12-17(16)19(4,5)6;/h1-17,19-24H;7-9,11-13H,1-6H3;/q2*-1;/i;3D3,13D;. The first kappa shape index (κ1) is 37.3. The fourth-order valence-corrected chi connectivity index (χ4v) is 12.4. The fraction of sp³-hybridized carbons (Fsp3) is 0.127. The second-order valence-electron chi connectivity index (χ2n) is 16.3. The quantitative estimate of drug-likeness (QED) is 0.118. The number of nitrogens with zero attached hydrogens (tertiary/aromatic N) is 3. The topological polar surface area (TPSA) is 30.7 Å². The molecule has 0 atom stereocenters. The summed E-state index contributed by atoms with van der Waals surface area (Å²) in [6.45, 7) is 1.66. The van der Waals surface area contributed by atoms with Crippen LogP contribution in [0.25, 0.3) is 81.8 Å². The zero-order valence-electron chi connectivity index (χ0n) is 38.7. The van der Waals surface area contributed by atoms with Crippen LogP contribution >= 0.6 is 11.3 Å². The number of benzene rings is 7. The van der Waals surface area contributed by atoms with Gasteiger partial charge in [0, 0.05) is 36.1 Å². The van der Waals surface area contributed by atoms with Crippen molar-refractivity contribution in [1.82, 2.24) is 14.5 Å². The summed E-state index contributed by atoms with van der Waals surface area (Å²) in [6.07, 6.45) is 1.91. The number of aromatic nitrogens is 3. The second kappa shape index (κ2) is 17.9. The number of pyridine rings is 1. The van der Waals surface area contributed by atoms with Crippen molar-refractivity contribution in [3.05, 3.63) is 193 Å². The minimum absolute atomic E-state index is 0. The molecule has 3 heterocycles. The first-order valence-corrected chi connectivity index (χ1v) is 28.4. The summed E-state index contributed by atoms with van der Waals surface area (Å²) in [5.41, 5.74) is 11.6. The molecule has 0 spiro atoms. The molecule has 0 saturated heterocycles. The maximum absolute atomic E-state index is 8.49. The van der Waals surface area contributed by atoms with Gasteiger partial charge in [0.05, 0.1) is 16.9 Å². The molecule has 0 unspecified atom stereocenters. The maximum Gasteiger partial charge on any atom is 0.0774 e. The zero-order chi connectivity index (χ0) is 44.8. The van der Waals surface area contributed by atoms with E-state index in [0.717, 1.165) is 50.5 Å². The van der Waals surface area contributed by atoms with Gasteiger partial charge in [0.25, 0.3) is 0 Å². The van der Waals surface area contributed by atoms with Crippen LogP contribution in [0, 0.1) is 19.0 Å². The van der Waals surface area contributed by atoms with Gasteiger partial charge >= 0.3 is 131 Å². The third kappa shape index (κ3) is 8.58. The molecule has 0 fully saturated rings. The summed E-state index contributed by atoms with van der Waals surface area (Å²) in [5, 5.41) is 2.52. The van der Waals surface area contributed by atoms with E-state index in [0.29, 0.717) is 0 Å². The Bertz CT molecular complexity index is 3280. The van der Waals surface area contributed by atoms with Crippen molar-refractivity contribution in [3.8, 4) is 50.6 Å². The van der Waals surface area contributed by atoms with Gasteiger partial charge in [0.2, 0.25) is 0 Å². The predicted molar refractivity (Wildman–Crippen MR) is 259 cm³/mol. The molecule has 10 rings (SSSR count). The Labute approximate surface area is 385 Å². The largest absolute Gasteiger partial charge is 0.333 e. The molecule has 0 amide bonds. The summed E-state index contributed by atoms with van der Waals surface area (Å²) in [5.74, 6) is 7.08. The number of imidazole rings is 1. The van der Waals surface area contributed by atoms with E-state index in [1.807, 2.05) is 43.5 Å². The molecule has 6 heteroatoms. The molecule has 1 radical (unpaired) electrons. The molecular formula is C55H47GeIrN3S-2. The van der Waals surface area contributed by atoms with Crippen molar-refractivity contribution >= 4 is 60.2 Å². The summed E-state index contributed by atoms with van der Waals surface area (Å²) in [4.78, 5) is 9.83. The second-order valence-corrected chi connectivity index (χ2v) is 27.9. The molecule has 303 valence electrons. The molecule has 0 saturated carbocycles. The van der Waals surface area contributed by atoms with Crippen molar-refractivity contribution in [2.24, 2.45) is 0 Å². The average molecular weight is 1050 g/mol. The van der Waals surface area contributed by atoms with E-state index < -0.39 is 26.0 Å². The Balaban J connectivity index is 0.000000199. The first-order valence-electron chi connectivity index (χ1n) is 22.2. The normalized spacial score (nSPS) is 12.8. The number of aryl methyl sites for hydroxylation is 1. The molecule has 3 nitrogen and oxygen atoms in total. The molecule has 7 aromatic carbocycles.